The fraction of sp³-hybridized carbons (Fsp3) is 0.222. The maximum Gasteiger partial charge on any atom is 0.437 e. The summed E-state index contributed by atoms with van der Waals surface area (Å²) in [5.41, 5.74) is -3.48. The van der Waals surface area contributed by atoms with Crippen molar-refractivity contribution >= 4 is 27.7 Å². The highest BCUT2D eigenvalue weighted by Crippen LogP contribution is 2.44. The predicted octanol–water partition coefficient (Wildman–Crippen LogP) is 3.55. The van der Waals surface area contributed by atoms with Crippen molar-refractivity contribution in [1.82, 2.24) is 10.6 Å². The lowest BCUT2D eigenvalue weighted by atomic mass is 9.77. The van der Waals surface area contributed by atoms with Gasteiger partial charge in [-0.25, -0.2) is 4.79 Å². The van der Waals surface area contributed by atoms with Crippen LogP contribution in [0.2, 0.25) is 0 Å². The number of carbonyl (C=O) groups excluding carboxylic acids is 2. The number of benzene rings is 2. The maximum absolute atomic E-state index is 13.7. The van der Waals surface area contributed by atoms with Crippen LogP contribution in [0, 0.1) is 5.92 Å². The van der Waals surface area contributed by atoms with Crippen molar-refractivity contribution in [3.63, 3.8) is 0 Å². The molecule has 0 spiro atoms. The number of rotatable bonds is 3. The number of halogens is 4. The normalized spacial score (nSPS) is 25.4. The van der Waals surface area contributed by atoms with Gasteiger partial charge in [0, 0.05) is 10.0 Å². The molecule has 2 amide bonds. The Labute approximate surface area is 160 Å². The first-order valence-corrected chi connectivity index (χ1v) is 8.65. The topological polar surface area (TPSA) is 78.4 Å². The highest BCUT2D eigenvalue weighted by Gasteiger charge is 2.66. The van der Waals surface area contributed by atoms with E-state index in [0.717, 1.165) is 0 Å². The van der Waals surface area contributed by atoms with Gasteiger partial charge in [0.1, 0.15) is 5.92 Å². The molecule has 3 atom stereocenters. The molecule has 2 aromatic carbocycles. The first-order chi connectivity index (χ1) is 12.6. The average molecular weight is 443 g/mol. The van der Waals surface area contributed by atoms with E-state index in [2.05, 4.69) is 21.2 Å². The van der Waals surface area contributed by atoms with E-state index in [1.54, 1.807) is 18.2 Å². The molecule has 0 aliphatic carbocycles. The second-order valence-electron chi connectivity index (χ2n) is 6.10. The fourth-order valence-electron chi connectivity index (χ4n) is 3.07. The molecule has 0 bridgehead atoms. The Morgan fingerprint density at radius 1 is 1.07 bits per heavy atom. The summed E-state index contributed by atoms with van der Waals surface area (Å²) in [4.78, 5) is 24.8. The van der Waals surface area contributed by atoms with Crippen LogP contribution in [0.5, 0.6) is 0 Å². The number of aliphatic hydroxyl groups is 1. The number of carbonyl (C=O) groups is 2. The number of nitrogens with one attached hydrogen (secondary N) is 2. The molecule has 0 unspecified atom stereocenters. The van der Waals surface area contributed by atoms with Crippen molar-refractivity contribution in [3.8, 4) is 0 Å². The molecule has 0 saturated carbocycles. The molecule has 3 N–H and O–H groups in total. The number of hydrogen-bond acceptors (Lipinski definition) is 3. The highest BCUT2D eigenvalue weighted by atomic mass is 79.9. The smallest absolute Gasteiger partial charge is 0.363 e. The first kappa shape index (κ1) is 19.4. The van der Waals surface area contributed by atoms with E-state index in [4.69, 9.17) is 0 Å². The van der Waals surface area contributed by atoms with Gasteiger partial charge in [-0.05, 0) is 17.7 Å². The molecule has 1 aliphatic heterocycles. The molecule has 1 saturated heterocycles. The molecular formula is C18H14BrF3N2O3. The minimum atomic E-state index is -5.27. The van der Waals surface area contributed by atoms with Crippen LogP contribution in [0.25, 0.3) is 0 Å². The van der Waals surface area contributed by atoms with Crippen molar-refractivity contribution < 1.29 is 27.9 Å². The SMILES string of the molecule is O=C1N[C@H](c2ccc(Br)cc2)[C@H](C(=O)c2ccccc2)[C@@](O)(C(F)(F)F)N1. The first-order valence-electron chi connectivity index (χ1n) is 7.86. The van der Waals surface area contributed by atoms with E-state index in [1.165, 1.54) is 41.7 Å². The van der Waals surface area contributed by atoms with Gasteiger partial charge in [0.25, 0.3) is 0 Å². The van der Waals surface area contributed by atoms with E-state index in [0.29, 0.717) is 4.47 Å². The van der Waals surface area contributed by atoms with Crippen LogP contribution in [-0.2, 0) is 0 Å². The molecule has 0 aromatic heterocycles. The summed E-state index contributed by atoms with van der Waals surface area (Å²) in [5.74, 6) is -2.98. The van der Waals surface area contributed by atoms with E-state index in [9.17, 15) is 27.9 Å². The van der Waals surface area contributed by atoms with Gasteiger partial charge in [-0.3, -0.25) is 4.79 Å². The number of hydrogen-bond donors (Lipinski definition) is 3. The molecule has 1 aliphatic rings. The third-order valence-corrected chi connectivity index (χ3v) is 4.90. The molecule has 5 nitrogen and oxygen atoms in total. The van der Waals surface area contributed by atoms with Crippen LogP contribution in [0.4, 0.5) is 18.0 Å². The minimum absolute atomic E-state index is 0.00904. The van der Waals surface area contributed by atoms with Gasteiger partial charge in [-0.15, -0.1) is 0 Å². The largest absolute Gasteiger partial charge is 0.437 e. The number of amides is 2. The molecule has 9 heteroatoms. The third-order valence-electron chi connectivity index (χ3n) is 4.38. The van der Waals surface area contributed by atoms with Crippen molar-refractivity contribution in [1.29, 1.82) is 0 Å². The van der Waals surface area contributed by atoms with Gasteiger partial charge in [-0.1, -0.05) is 58.4 Å². The second-order valence-corrected chi connectivity index (χ2v) is 7.02. The number of alkyl halides is 3. The number of urea groups is 1. The lowest BCUT2D eigenvalue weighted by Gasteiger charge is -2.45. The standard InChI is InChI=1S/C18H14BrF3N2O3/c19-12-8-6-10(7-9-12)14-13(15(25)11-4-2-1-3-5-11)17(27,18(20,21)22)24-16(26)23-14/h1-9,13-14,27H,(H2,23,24,26)/t13-,14-,17-/m1/s1. The maximum atomic E-state index is 13.7. The Morgan fingerprint density at radius 2 is 1.67 bits per heavy atom. The van der Waals surface area contributed by atoms with Gasteiger partial charge in [0.2, 0.25) is 5.72 Å². The van der Waals surface area contributed by atoms with E-state index in [1.807, 2.05) is 0 Å². The molecule has 2 aromatic rings. The Balaban J connectivity index is 2.15. The summed E-state index contributed by atoms with van der Waals surface area (Å²) in [6.07, 6.45) is -5.27. The molecule has 27 heavy (non-hydrogen) atoms. The Morgan fingerprint density at radius 3 is 2.22 bits per heavy atom. The Kier molecular flexibility index (Phi) is 5.00. The van der Waals surface area contributed by atoms with Crippen molar-refractivity contribution in [2.45, 2.75) is 17.9 Å². The average Bonchev–Trinajstić information content (AvgIpc) is 2.61. The van der Waals surface area contributed by atoms with Crippen molar-refractivity contribution in [2.24, 2.45) is 5.92 Å². The summed E-state index contributed by atoms with van der Waals surface area (Å²) < 4.78 is 41.8. The summed E-state index contributed by atoms with van der Waals surface area (Å²) >= 11 is 3.22. The zero-order valence-corrected chi connectivity index (χ0v) is 15.2. The van der Waals surface area contributed by atoms with Crippen LogP contribution < -0.4 is 10.6 Å². The minimum Gasteiger partial charge on any atom is -0.363 e. The van der Waals surface area contributed by atoms with Crippen molar-refractivity contribution in [3.05, 3.63) is 70.2 Å². The Hall–Kier alpha value is -2.39. The number of Topliss-reactive ketones (excluding diaryl/α,β-unsaturated/α-hetero) is 1. The van der Waals surface area contributed by atoms with Gasteiger partial charge in [-0.2, -0.15) is 13.2 Å². The zero-order chi connectivity index (χ0) is 19.8. The zero-order valence-electron chi connectivity index (χ0n) is 13.6. The summed E-state index contributed by atoms with van der Waals surface area (Å²) in [7, 11) is 0. The molecular weight excluding hydrogens is 429 g/mol. The van der Waals surface area contributed by atoms with E-state index in [-0.39, 0.29) is 11.1 Å². The molecule has 1 heterocycles. The van der Waals surface area contributed by atoms with Crippen LogP contribution >= 0.6 is 15.9 Å². The molecule has 0 radical (unpaired) electrons. The second kappa shape index (κ2) is 6.97. The monoisotopic (exact) mass is 442 g/mol. The summed E-state index contributed by atoms with van der Waals surface area (Å²) in [5, 5.41) is 14.3. The van der Waals surface area contributed by atoms with Crippen molar-refractivity contribution in [2.75, 3.05) is 0 Å². The van der Waals surface area contributed by atoms with Crippen LogP contribution in [0.1, 0.15) is 22.0 Å². The number of ketones is 1. The van der Waals surface area contributed by atoms with Crippen LogP contribution in [0.15, 0.2) is 59.1 Å². The summed E-state index contributed by atoms with van der Waals surface area (Å²) in [6, 6.07) is 10.8. The lowest BCUT2D eigenvalue weighted by Crippen LogP contribution is -2.72. The highest BCUT2D eigenvalue weighted by molar-refractivity contribution is 9.10. The van der Waals surface area contributed by atoms with Gasteiger partial charge in [0.05, 0.1) is 6.04 Å². The Bertz CT molecular complexity index is 858. The van der Waals surface area contributed by atoms with Gasteiger partial charge >= 0.3 is 12.2 Å². The quantitative estimate of drug-likeness (QED) is 0.636. The van der Waals surface area contributed by atoms with E-state index >= 15 is 0 Å². The van der Waals surface area contributed by atoms with E-state index < -0.39 is 35.7 Å². The molecule has 1 fully saturated rings. The third kappa shape index (κ3) is 3.57. The molecule has 3 rings (SSSR count). The lowest BCUT2D eigenvalue weighted by molar-refractivity contribution is -0.287. The van der Waals surface area contributed by atoms with Gasteiger partial charge in [0.15, 0.2) is 5.78 Å². The van der Waals surface area contributed by atoms with Crippen LogP contribution in [0.3, 0.4) is 0 Å². The van der Waals surface area contributed by atoms with Crippen LogP contribution in [-0.4, -0.2) is 28.8 Å². The fourth-order valence-corrected chi connectivity index (χ4v) is 3.33. The van der Waals surface area contributed by atoms with Gasteiger partial charge < -0.3 is 15.7 Å². The molecule has 142 valence electrons. The predicted molar refractivity (Wildman–Crippen MR) is 93.8 cm³/mol. The summed E-state index contributed by atoms with van der Waals surface area (Å²) in [6.45, 7) is 0.